The van der Waals surface area contributed by atoms with Crippen molar-refractivity contribution in [2.24, 2.45) is 0 Å². The number of piperazine rings is 1. The van der Waals surface area contributed by atoms with Crippen LogP contribution in [-0.4, -0.2) is 69.3 Å². The van der Waals surface area contributed by atoms with E-state index < -0.39 is 15.8 Å². The molecule has 26 heavy (non-hydrogen) atoms. The SMILES string of the molecule is O=C(C[NH+]1CCCCCC1)N1CCN(S(=O)(=O)c2ccc(F)cc2)CC1. The van der Waals surface area contributed by atoms with Crippen molar-refractivity contribution in [3.05, 3.63) is 30.1 Å². The molecule has 8 heteroatoms. The van der Waals surface area contributed by atoms with Gasteiger partial charge >= 0.3 is 0 Å². The lowest BCUT2D eigenvalue weighted by atomic mass is 10.2. The Morgan fingerprint density at radius 1 is 0.962 bits per heavy atom. The van der Waals surface area contributed by atoms with E-state index in [2.05, 4.69) is 0 Å². The van der Waals surface area contributed by atoms with Gasteiger partial charge in [-0.25, -0.2) is 12.8 Å². The summed E-state index contributed by atoms with van der Waals surface area (Å²) in [5, 5.41) is 0. The lowest BCUT2D eigenvalue weighted by Crippen LogP contribution is -3.13. The van der Waals surface area contributed by atoms with Crippen molar-refractivity contribution in [1.82, 2.24) is 9.21 Å². The Morgan fingerprint density at radius 2 is 1.54 bits per heavy atom. The first-order chi connectivity index (χ1) is 12.5. The number of amides is 1. The van der Waals surface area contributed by atoms with Crippen LogP contribution in [0.5, 0.6) is 0 Å². The predicted octanol–water partition coefficient (Wildman–Crippen LogP) is 0.118. The quantitative estimate of drug-likeness (QED) is 0.802. The molecule has 0 atom stereocenters. The number of nitrogens with one attached hydrogen (secondary N) is 1. The van der Waals surface area contributed by atoms with Gasteiger partial charge in [-0.05, 0) is 49.9 Å². The minimum atomic E-state index is -3.64. The van der Waals surface area contributed by atoms with Crippen LogP contribution in [0.25, 0.3) is 0 Å². The number of hydrogen-bond donors (Lipinski definition) is 1. The minimum Gasteiger partial charge on any atom is -0.335 e. The number of halogens is 1. The fourth-order valence-electron chi connectivity index (χ4n) is 3.66. The second-order valence-corrected chi connectivity index (χ2v) is 9.02. The first kappa shape index (κ1) is 19.3. The molecule has 1 aromatic carbocycles. The van der Waals surface area contributed by atoms with Crippen LogP contribution in [0.1, 0.15) is 25.7 Å². The van der Waals surface area contributed by atoms with Gasteiger partial charge in [-0.1, -0.05) is 0 Å². The number of hydrogen-bond acceptors (Lipinski definition) is 3. The topological polar surface area (TPSA) is 62.1 Å². The van der Waals surface area contributed by atoms with Gasteiger partial charge < -0.3 is 9.80 Å². The number of benzene rings is 1. The minimum absolute atomic E-state index is 0.0905. The fraction of sp³-hybridized carbons (Fsp3) is 0.611. The molecule has 3 rings (SSSR count). The summed E-state index contributed by atoms with van der Waals surface area (Å²) in [6.07, 6.45) is 4.84. The average molecular weight is 384 g/mol. The van der Waals surface area contributed by atoms with E-state index in [1.807, 2.05) is 0 Å². The molecule has 1 aromatic rings. The van der Waals surface area contributed by atoms with Gasteiger partial charge in [0.1, 0.15) is 5.82 Å². The molecular weight excluding hydrogens is 357 g/mol. The van der Waals surface area contributed by atoms with Crippen molar-refractivity contribution in [1.29, 1.82) is 0 Å². The van der Waals surface area contributed by atoms with E-state index in [0.717, 1.165) is 25.2 Å². The van der Waals surface area contributed by atoms with Crippen LogP contribution in [0, 0.1) is 5.82 Å². The zero-order valence-electron chi connectivity index (χ0n) is 15.0. The highest BCUT2D eigenvalue weighted by atomic mass is 32.2. The maximum absolute atomic E-state index is 13.0. The van der Waals surface area contributed by atoms with Gasteiger partial charge in [0.05, 0.1) is 18.0 Å². The molecule has 144 valence electrons. The highest BCUT2D eigenvalue weighted by Crippen LogP contribution is 2.18. The van der Waals surface area contributed by atoms with E-state index in [-0.39, 0.29) is 23.9 Å². The second kappa shape index (κ2) is 8.45. The third-order valence-electron chi connectivity index (χ3n) is 5.25. The van der Waals surface area contributed by atoms with E-state index in [1.165, 1.54) is 47.0 Å². The molecule has 0 aromatic heterocycles. The molecule has 0 spiro atoms. The Labute approximate surface area is 154 Å². The standard InChI is InChI=1S/C18H26FN3O3S/c19-16-5-7-17(8-6-16)26(24,25)22-13-11-21(12-14-22)18(23)15-20-9-3-1-2-4-10-20/h5-8H,1-4,9-15H2/p+1. The summed E-state index contributed by atoms with van der Waals surface area (Å²) in [5.74, 6) is -0.351. The molecular formula is C18H27FN3O3S+. The van der Waals surface area contributed by atoms with Crippen molar-refractivity contribution >= 4 is 15.9 Å². The highest BCUT2D eigenvalue weighted by molar-refractivity contribution is 7.89. The Hall–Kier alpha value is -1.51. The van der Waals surface area contributed by atoms with Crippen LogP contribution in [0.3, 0.4) is 0 Å². The van der Waals surface area contributed by atoms with Crippen molar-refractivity contribution in [2.45, 2.75) is 30.6 Å². The number of carbonyl (C=O) groups is 1. The number of rotatable bonds is 4. The highest BCUT2D eigenvalue weighted by Gasteiger charge is 2.31. The summed E-state index contributed by atoms with van der Waals surface area (Å²) in [5.41, 5.74) is 0. The Kier molecular flexibility index (Phi) is 6.26. The normalized spacial score (nSPS) is 20.7. The maximum Gasteiger partial charge on any atom is 0.277 e. The summed E-state index contributed by atoms with van der Waals surface area (Å²) in [7, 11) is -3.64. The molecule has 0 unspecified atom stereocenters. The maximum atomic E-state index is 13.0. The fourth-order valence-corrected chi connectivity index (χ4v) is 5.09. The molecule has 6 nitrogen and oxygen atoms in total. The third-order valence-corrected chi connectivity index (χ3v) is 7.17. The van der Waals surface area contributed by atoms with Crippen molar-refractivity contribution in [3.63, 3.8) is 0 Å². The smallest absolute Gasteiger partial charge is 0.277 e. The second-order valence-electron chi connectivity index (χ2n) is 7.08. The summed E-state index contributed by atoms with van der Waals surface area (Å²) >= 11 is 0. The molecule has 1 amide bonds. The molecule has 1 N–H and O–H groups in total. The predicted molar refractivity (Wildman–Crippen MR) is 95.8 cm³/mol. The van der Waals surface area contributed by atoms with Crippen LogP contribution < -0.4 is 4.90 Å². The van der Waals surface area contributed by atoms with E-state index in [0.29, 0.717) is 19.6 Å². The summed E-state index contributed by atoms with van der Waals surface area (Å²) in [6, 6.07) is 4.86. The molecule has 0 aliphatic carbocycles. The third kappa shape index (κ3) is 4.61. The van der Waals surface area contributed by atoms with Gasteiger partial charge in [0.15, 0.2) is 6.54 Å². The lowest BCUT2D eigenvalue weighted by molar-refractivity contribution is -0.891. The molecule has 2 saturated heterocycles. The van der Waals surface area contributed by atoms with Crippen molar-refractivity contribution < 1.29 is 22.5 Å². The molecule has 0 bridgehead atoms. The number of nitrogens with zero attached hydrogens (tertiary/aromatic N) is 2. The first-order valence-corrected chi connectivity index (χ1v) is 10.8. The number of likely N-dealkylation sites (tertiary alicyclic amines) is 1. The summed E-state index contributed by atoms with van der Waals surface area (Å²) in [6.45, 7) is 3.97. The molecule has 2 heterocycles. The van der Waals surface area contributed by atoms with Gasteiger partial charge in [0.2, 0.25) is 10.0 Å². The first-order valence-electron chi connectivity index (χ1n) is 9.34. The number of carbonyl (C=O) groups excluding carboxylic acids is 1. The molecule has 2 fully saturated rings. The van der Waals surface area contributed by atoms with E-state index in [4.69, 9.17) is 0 Å². The van der Waals surface area contributed by atoms with Gasteiger partial charge in [0, 0.05) is 26.2 Å². The number of sulfonamides is 1. The van der Waals surface area contributed by atoms with Crippen LogP contribution in [-0.2, 0) is 14.8 Å². The molecule has 0 radical (unpaired) electrons. The Balaban J connectivity index is 1.54. The van der Waals surface area contributed by atoms with E-state index >= 15 is 0 Å². The van der Waals surface area contributed by atoms with Gasteiger partial charge in [-0.2, -0.15) is 4.31 Å². The zero-order valence-corrected chi connectivity index (χ0v) is 15.8. The Morgan fingerprint density at radius 3 is 2.12 bits per heavy atom. The van der Waals surface area contributed by atoms with Crippen LogP contribution in [0.4, 0.5) is 4.39 Å². The van der Waals surface area contributed by atoms with Crippen molar-refractivity contribution in [3.8, 4) is 0 Å². The van der Waals surface area contributed by atoms with Gasteiger partial charge in [-0.3, -0.25) is 4.79 Å². The molecule has 0 saturated carbocycles. The number of quaternary nitrogens is 1. The Bertz CT molecular complexity index is 708. The summed E-state index contributed by atoms with van der Waals surface area (Å²) in [4.78, 5) is 15.7. The van der Waals surface area contributed by atoms with E-state index in [9.17, 15) is 17.6 Å². The monoisotopic (exact) mass is 384 g/mol. The molecule has 2 aliphatic rings. The average Bonchev–Trinajstić information content (AvgIpc) is 2.91. The van der Waals surface area contributed by atoms with Crippen LogP contribution in [0.15, 0.2) is 29.2 Å². The molecule has 2 aliphatic heterocycles. The van der Waals surface area contributed by atoms with Crippen LogP contribution in [0.2, 0.25) is 0 Å². The largest absolute Gasteiger partial charge is 0.335 e. The lowest BCUT2D eigenvalue weighted by Gasteiger charge is -2.34. The zero-order chi connectivity index (χ0) is 18.6. The van der Waals surface area contributed by atoms with E-state index in [1.54, 1.807) is 4.90 Å². The summed E-state index contributed by atoms with van der Waals surface area (Å²) < 4.78 is 39.7. The van der Waals surface area contributed by atoms with Gasteiger partial charge in [-0.15, -0.1) is 0 Å². The van der Waals surface area contributed by atoms with Gasteiger partial charge in [0.25, 0.3) is 5.91 Å². The van der Waals surface area contributed by atoms with Crippen molar-refractivity contribution in [2.75, 3.05) is 45.8 Å². The van der Waals surface area contributed by atoms with Crippen LogP contribution >= 0.6 is 0 Å².